The molecule has 0 bridgehead atoms. The van der Waals surface area contributed by atoms with E-state index in [0.29, 0.717) is 5.92 Å². The van der Waals surface area contributed by atoms with Crippen LogP contribution in [-0.2, 0) is 4.79 Å². The van der Waals surface area contributed by atoms with Gasteiger partial charge in [0.2, 0.25) is 0 Å². The number of carboxylic acid groups (broad SMARTS) is 1. The van der Waals surface area contributed by atoms with Crippen LogP contribution in [0.15, 0.2) is 24.3 Å². The molecule has 2 unspecified atom stereocenters. The topological polar surface area (TPSA) is 57.5 Å². The fourth-order valence-corrected chi connectivity index (χ4v) is 2.31. The molecule has 3 heteroatoms. The van der Waals surface area contributed by atoms with Crippen molar-refractivity contribution in [2.45, 2.75) is 25.7 Å². The van der Waals surface area contributed by atoms with Gasteiger partial charge in [-0.3, -0.25) is 4.79 Å². The van der Waals surface area contributed by atoms with Crippen LogP contribution in [0.4, 0.5) is 0 Å². The van der Waals surface area contributed by atoms with Crippen molar-refractivity contribution in [3.05, 3.63) is 29.8 Å². The van der Waals surface area contributed by atoms with Crippen molar-refractivity contribution in [1.82, 2.24) is 0 Å². The molecule has 86 valence electrons. The third kappa shape index (κ3) is 2.18. The van der Waals surface area contributed by atoms with Crippen LogP contribution in [0.3, 0.4) is 0 Å². The van der Waals surface area contributed by atoms with Gasteiger partial charge in [-0.05, 0) is 42.4 Å². The van der Waals surface area contributed by atoms with Crippen LogP contribution in [0.25, 0.3) is 0 Å². The van der Waals surface area contributed by atoms with Crippen LogP contribution in [0.5, 0.6) is 5.75 Å². The summed E-state index contributed by atoms with van der Waals surface area (Å²) < 4.78 is 0. The Morgan fingerprint density at radius 1 is 1.44 bits per heavy atom. The Morgan fingerprint density at radius 2 is 2.12 bits per heavy atom. The summed E-state index contributed by atoms with van der Waals surface area (Å²) in [6, 6.07) is 6.97. The number of hydrogen-bond acceptors (Lipinski definition) is 2. The van der Waals surface area contributed by atoms with E-state index in [4.69, 9.17) is 5.11 Å². The summed E-state index contributed by atoms with van der Waals surface area (Å²) in [5.74, 6) is -0.451. The second-order valence-electron chi connectivity index (χ2n) is 4.59. The maximum atomic E-state index is 11.1. The largest absolute Gasteiger partial charge is 0.508 e. The lowest BCUT2D eigenvalue weighted by atomic mass is 9.83. The molecule has 2 atom stereocenters. The molecule has 1 aromatic carbocycles. The number of benzene rings is 1. The summed E-state index contributed by atoms with van der Waals surface area (Å²) in [4.78, 5) is 11.1. The van der Waals surface area contributed by atoms with E-state index >= 15 is 0 Å². The Labute approximate surface area is 94.7 Å². The van der Waals surface area contributed by atoms with Crippen LogP contribution in [0, 0.1) is 11.8 Å². The van der Waals surface area contributed by atoms with Crippen LogP contribution in [-0.4, -0.2) is 16.2 Å². The van der Waals surface area contributed by atoms with Crippen LogP contribution < -0.4 is 0 Å². The van der Waals surface area contributed by atoms with Gasteiger partial charge < -0.3 is 10.2 Å². The third-order valence-corrected chi connectivity index (χ3v) is 3.31. The Hall–Kier alpha value is -1.51. The lowest BCUT2D eigenvalue weighted by Gasteiger charge is -2.21. The molecule has 2 N–H and O–H groups in total. The number of hydrogen-bond donors (Lipinski definition) is 2. The van der Waals surface area contributed by atoms with E-state index in [0.717, 1.165) is 18.4 Å². The van der Waals surface area contributed by atoms with E-state index in [9.17, 15) is 9.90 Å². The van der Waals surface area contributed by atoms with Gasteiger partial charge in [0.1, 0.15) is 5.75 Å². The van der Waals surface area contributed by atoms with E-state index < -0.39 is 11.9 Å². The van der Waals surface area contributed by atoms with Crippen molar-refractivity contribution >= 4 is 5.97 Å². The highest BCUT2D eigenvalue weighted by atomic mass is 16.4. The quantitative estimate of drug-likeness (QED) is 0.820. The lowest BCUT2D eigenvalue weighted by molar-refractivity contribution is -0.142. The summed E-state index contributed by atoms with van der Waals surface area (Å²) in [5, 5.41) is 18.5. The molecule has 1 aliphatic rings. The number of aromatic hydroxyl groups is 1. The zero-order chi connectivity index (χ0) is 11.7. The van der Waals surface area contributed by atoms with Crippen LogP contribution in [0.2, 0.25) is 0 Å². The summed E-state index contributed by atoms with van der Waals surface area (Å²) in [7, 11) is 0. The summed E-state index contributed by atoms with van der Waals surface area (Å²) in [6.45, 7) is 1.75. The molecular weight excluding hydrogens is 204 g/mol. The minimum absolute atomic E-state index is 0.0320. The number of carbonyl (C=O) groups is 1. The monoisotopic (exact) mass is 220 g/mol. The van der Waals surface area contributed by atoms with Crippen molar-refractivity contribution in [1.29, 1.82) is 0 Å². The first-order valence-electron chi connectivity index (χ1n) is 5.61. The molecule has 0 aromatic heterocycles. The molecule has 16 heavy (non-hydrogen) atoms. The van der Waals surface area contributed by atoms with Gasteiger partial charge in [0, 0.05) is 0 Å². The summed E-state index contributed by atoms with van der Waals surface area (Å²) in [6.07, 6.45) is 2.19. The SMILES string of the molecule is CC(C(=O)O)C(c1cccc(O)c1)C1CC1. The highest BCUT2D eigenvalue weighted by molar-refractivity contribution is 5.71. The molecule has 0 amide bonds. The van der Waals surface area contributed by atoms with E-state index in [1.54, 1.807) is 25.1 Å². The predicted molar refractivity (Wildman–Crippen MR) is 60.4 cm³/mol. The third-order valence-electron chi connectivity index (χ3n) is 3.31. The number of rotatable bonds is 4. The maximum Gasteiger partial charge on any atom is 0.306 e. The standard InChI is InChI=1S/C13H16O3/c1-8(13(15)16)12(9-5-6-9)10-3-2-4-11(14)7-10/h2-4,7-9,12,14H,5-6H2,1H3,(H,15,16). The van der Waals surface area contributed by atoms with E-state index in [1.807, 2.05) is 6.07 Å². The second kappa shape index (κ2) is 4.16. The zero-order valence-electron chi connectivity index (χ0n) is 9.26. The molecule has 0 heterocycles. The first-order chi connectivity index (χ1) is 7.59. The molecule has 1 saturated carbocycles. The first kappa shape index (κ1) is 11.0. The molecular formula is C13H16O3. The Balaban J connectivity index is 2.28. The Bertz CT molecular complexity index is 396. The van der Waals surface area contributed by atoms with Crippen molar-refractivity contribution in [2.75, 3.05) is 0 Å². The Kier molecular flexibility index (Phi) is 2.86. The smallest absolute Gasteiger partial charge is 0.306 e. The van der Waals surface area contributed by atoms with Crippen LogP contribution >= 0.6 is 0 Å². The highest BCUT2D eigenvalue weighted by Gasteiger charge is 2.38. The Morgan fingerprint density at radius 3 is 2.62 bits per heavy atom. The van der Waals surface area contributed by atoms with Crippen molar-refractivity contribution in [3.63, 3.8) is 0 Å². The van der Waals surface area contributed by atoms with Gasteiger partial charge in [-0.1, -0.05) is 19.1 Å². The second-order valence-corrected chi connectivity index (χ2v) is 4.59. The molecule has 1 aliphatic carbocycles. The molecule has 0 spiro atoms. The molecule has 2 rings (SSSR count). The van der Waals surface area contributed by atoms with E-state index in [1.165, 1.54) is 0 Å². The van der Waals surface area contributed by atoms with Gasteiger partial charge >= 0.3 is 5.97 Å². The number of carboxylic acids is 1. The number of phenols is 1. The fourth-order valence-electron chi connectivity index (χ4n) is 2.31. The van der Waals surface area contributed by atoms with Gasteiger partial charge in [-0.15, -0.1) is 0 Å². The molecule has 3 nitrogen and oxygen atoms in total. The molecule has 0 aliphatic heterocycles. The average molecular weight is 220 g/mol. The van der Waals surface area contributed by atoms with Gasteiger partial charge in [-0.25, -0.2) is 0 Å². The van der Waals surface area contributed by atoms with Gasteiger partial charge in [0.05, 0.1) is 5.92 Å². The van der Waals surface area contributed by atoms with Crippen LogP contribution in [0.1, 0.15) is 31.2 Å². The summed E-state index contributed by atoms with van der Waals surface area (Å²) in [5.41, 5.74) is 0.942. The van der Waals surface area contributed by atoms with Crippen molar-refractivity contribution < 1.29 is 15.0 Å². The minimum atomic E-state index is -0.764. The molecule has 0 saturated heterocycles. The molecule has 0 radical (unpaired) electrons. The normalized spacial score (nSPS) is 19.1. The predicted octanol–water partition coefficient (Wildman–Crippen LogP) is 2.61. The highest BCUT2D eigenvalue weighted by Crippen LogP contribution is 2.47. The first-order valence-corrected chi connectivity index (χ1v) is 5.61. The number of aliphatic carboxylic acids is 1. The zero-order valence-corrected chi connectivity index (χ0v) is 9.26. The molecule has 1 fully saturated rings. The van der Waals surface area contributed by atoms with Crippen molar-refractivity contribution in [3.8, 4) is 5.75 Å². The fraction of sp³-hybridized carbons (Fsp3) is 0.462. The molecule has 1 aromatic rings. The van der Waals surface area contributed by atoms with Gasteiger partial charge in [0.15, 0.2) is 0 Å². The maximum absolute atomic E-state index is 11.1. The van der Waals surface area contributed by atoms with E-state index in [-0.39, 0.29) is 11.7 Å². The number of phenolic OH excluding ortho intramolecular Hbond substituents is 1. The van der Waals surface area contributed by atoms with Gasteiger partial charge in [0.25, 0.3) is 0 Å². The minimum Gasteiger partial charge on any atom is -0.508 e. The van der Waals surface area contributed by atoms with Gasteiger partial charge in [-0.2, -0.15) is 0 Å². The van der Waals surface area contributed by atoms with Crippen molar-refractivity contribution in [2.24, 2.45) is 11.8 Å². The summed E-state index contributed by atoms with van der Waals surface area (Å²) >= 11 is 0. The average Bonchev–Trinajstić information content (AvgIpc) is 3.02. The lowest BCUT2D eigenvalue weighted by Crippen LogP contribution is -2.20. The van der Waals surface area contributed by atoms with E-state index in [2.05, 4.69) is 0 Å².